The highest BCUT2D eigenvalue weighted by molar-refractivity contribution is 6.31. The number of benzene rings is 1. The van der Waals surface area contributed by atoms with Crippen LogP contribution < -0.4 is 0 Å². The molecule has 0 bridgehead atoms. The van der Waals surface area contributed by atoms with E-state index in [-0.39, 0.29) is 11.7 Å². The van der Waals surface area contributed by atoms with Crippen LogP contribution in [-0.4, -0.2) is 10.8 Å². The maximum atomic E-state index is 12.1. The van der Waals surface area contributed by atoms with Crippen LogP contribution in [0.4, 0.5) is 0 Å². The van der Waals surface area contributed by atoms with Gasteiger partial charge < -0.3 is 4.98 Å². The van der Waals surface area contributed by atoms with E-state index in [2.05, 4.69) is 4.98 Å². The van der Waals surface area contributed by atoms with Gasteiger partial charge in [-0.05, 0) is 18.6 Å². The molecule has 84 valence electrons. The molecule has 1 N–H and O–H groups in total. The molecule has 0 saturated heterocycles. The zero-order valence-electron chi connectivity index (χ0n) is 9.38. The van der Waals surface area contributed by atoms with Crippen LogP contribution in [0.5, 0.6) is 0 Å². The number of halogens is 1. The standard InChI is InChI=1S/C13H14ClNO/c1-3-8(2)13(16)11-7-15-12-6-9(14)4-5-10(11)12/h4-8,15H,3H2,1-2H3. The lowest BCUT2D eigenvalue weighted by molar-refractivity contribution is 0.0929. The molecule has 2 nitrogen and oxygen atoms in total. The lowest BCUT2D eigenvalue weighted by Gasteiger charge is -2.05. The molecule has 0 spiro atoms. The van der Waals surface area contributed by atoms with Gasteiger partial charge in [0, 0.05) is 33.6 Å². The molecule has 2 aromatic rings. The number of Topliss-reactive ketones (excluding diaryl/α,β-unsaturated/α-hetero) is 1. The molecule has 1 unspecified atom stereocenters. The Morgan fingerprint density at radius 3 is 2.94 bits per heavy atom. The molecule has 2 rings (SSSR count). The van der Waals surface area contributed by atoms with Gasteiger partial charge in [0.15, 0.2) is 5.78 Å². The summed E-state index contributed by atoms with van der Waals surface area (Å²) < 4.78 is 0. The summed E-state index contributed by atoms with van der Waals surface area (Å²) in [6.45, 7) is 3.98. The van der Waals surface area contributed by atoms with Gasteiger partial charge in [-0.2, -0.15) is 0 Å². The van der Waals surface area contributed by atoms with Gasteiger partial charge in [0.05, 0.1) is 0 Å². The molecule has 0 aliphatic heterocycles. The van der Waals surface area contributed by atoms with Crippen molar-refractivity contribution >= 4 is 28.3 Å². The average Bonchev–Trinajstić information content (AvgIpc) is 2.69. The van der Waals surface area contributed by atoms with Gasteiger partial charge >= 0.3 is 0 Å². The monoisotopic (exact) mass is 235 g/mol. The Labute approximate surface area is 99.6 Å². The van der Waals surface area contributed by atoms with Gasteiger partial charge in [-0.15, -0.1) is 0 Å². The van der Waals surface area contributed by atoms with Crippen molar-refractivity contribution in [3.8, 4) is 0 Å². The highest BCUT2D eigenvalue weighted by atomic mass is 35.5. The minimum atomic E-state index is 0.0645. The molecule has 1 aromatic carbocycles. The Morgan fingerprint density at radius 1 is 1.50 bits per heavy atom. The molecule has 1 heterocycles. The number of aromatic nitrogens is 1. The average molecular weight is 236 g/mol. The summed E-state index contributed by atoms with van der Waals surface area (Å²) >= 11 is 5.89. The van der Waals surface area contributed by atoms with E-state index in [1.807, 2.05) is 32.0 Å². The van der Waals surface area contributed by atoms with Gasteiger partial charge in [0.25, 0.3) is 0 Å². The van der Waals surface area contributed by atoms with Crippen molar-refractivity contribution in [3.05, 3.63) is 35.0 Å². The minimum Gasteiger partial charge on any atom is -0.360 e. The van der Waals surface area contributed by atoms with Crippen molar-refractivity contribution in [3.63, 3.8) is 0 Å². The van der Waals surface area contributed by atoms with E-state index in [4.69, 9.17) is 11.6 Å². The highest BCUT2D eigenvalue weighted by Gasteiger charge is 2.17. The second-order valence-corrected chi connectivity index (χ2v) is 4.50. The minimum absolute atomic E-state index is 0.0645. The number of carbonyl (C=O) groups is 1. The Morgan fingerprint density at radius 2 is 2.25 bits per heavy atom. The lowest BCUT2D eigenvalue weighted by atomic mass is 9.97. The van der Waals surface area contributed by atoms with Crippen molar-refractivity contribution in [2.75, 3.05) is 0 Å². The number of hydrogen-bond donors (Lipinski definition) is 1. The summed E-state index contributed by atoms with van der Waals surface area (Å²) in [7, 11) is 0. The number of hydrogen-bond acceptors (Lipinski definition) is 1. The SMILES string of the molecule is CCC(C)C(=O)c1c[nH]c2cc(Cl)ccc12. The molecule has 0 aliphatic rings. The van der Waals surface area contributed by atoms with Crippen molar-refractivity contribution in [1.29, 1.82) is 0 Å². The Bertz CT molecular complexity index is 530. The summed E-state index contributed by atoms with van der Waals surface area (Å²) in [4.78, 5) is 15.2. The number of nitrogens with one attached hydrogen (secondary N) is 1. The highest BCUT2D eigenvalue weighted by Crippen LogP contribution is 2.24. The fraction of sp³-hybridized carbons (Fsp3) is 0.308. The van der Waals surface area contributed by atoms with E-state index >= 15 is 0 Å². The third-order valence-electron chi connectivity index (χ3n) is 2.97. The quantitative estimate of drug-likeness (QED) is 0.800. The first kappa shape index (κ1) is 11.2. The molecular weight excluding hydrogens is 222 g/mol. The van der Waals surface area contributed by atoms with Crippen LogP contribution >= 0.6 is 11.6 Å². The summed E-state index contributed by atoms with van der Waals surface area (Å²) in [6, 6.07) is 5.54. The van der Waals surface area contributed by atoms with E-state index < -0.39 is 0 Å². The van der Waals surface area contributed by atoms with Crippen LogP contribution in [0.1, 0.15) is 30.6 Å². The van der Waals surface area contributed by atoms with Gasteiger partial charge in [0.2, 0.25) is 0 Å². The zero-order valence-corrected chi connectivity index (χ0v) is 10.1. The molecular formula is C13H14ClNO. The Kier molecular flexibility index (Phi) is 3.01. The van der Waals surface area contributed by atoms with E-state index in [9.17, 15) is 4.79 Å². The van der Waals surface area contributed by atoms with Crippen LogP contribution in [0.15, 0.2) is 24.4 Å². The van der Waals surface area contributed by atoms with Crippen molar-refractivity contribution < 1.29 is 4.79 Å². The Balaban J connectivity index is 2.50. The van der Waals surface area contributed by atoms with Crippen molar-refractivity contribution in [2.45, 2.75) is 20.3 Å². The molecule has 1 aromatic heterocycles. The van der Waals surface area contributed by atoms with Crippen LogP contribution in [0.2, 0.25) is 5.02 Å². The van der Waals surface area contributed by atoms with E-state index in [1.54, 1.807) is 6.20 Å². The maximum absolute atomic E-state index is 12.1. The normalized spacial score (nSPS) is 12.9. The number of aromatic amines is 1. The molecule has 0 aliphatic carbocycles. The second-order valence-electron chi connectivity index (χ2n) is 4.07. The van der Waals surface area contributed by atoms with Crippen LogP contribution in [0.3, 0.4) is 0 Å². The summed E-state index contributed by atoms with van der Waals surface area (Å²) in [5.41, 5.74) is 1.68. The smallest absolute Gasteiger partial charge is 0.167 e. The van der Waals surface area contributed by atoms with Crippen molar-refractivity contribution in [2.24, 2.45) is 5.92 Å². The molecule has 0 saturated carbocycles. The number of H-pyrrole nitrogens is 1. The molecule has 0 amide bonds. The predicted octanol–water partition coefficient (Wildman–Crippen LogP) is 4.05. The Hall–Kier alpha value is -1.28. The predicted molar refractivity (Wildman–Crippen MR) is 67.1 cm³/mol. The zero-order chi connectivity index (χ0) is 11.7. The number of ketones is 1. The second kappa shape index (κ2) is 4.30. The first-order valence-corrected chi connectivity index (χ1v) is 5.82. The largest absolute Gasteiger partial charge is 0.360 e. The molecule has 0 radical (unpaired) electrons. The first-order valence-electron chi connectivity index (χ1n) is 5.44. The fourth-order valence-corrected chi connectivity index (χ4v) is 1.93. The van der Waals surface area contributed by atoms with Crippen molar-refractivity contribution in [1.82, 2.24) is 4.98 Å². The third-order valence-corrected chi connectivity index (χ3v) is 3.20. The van der Waals surface area contributed by atoms with E-state index in [0.29, 0.717) is 5.02 Å². The molecule has 3 heteroatoms. The fourth-order valence-electron chi connectivity index (χ4n) is 1.75. The van der Waals surface area contributed by atoms with Crippen LogP contribution in [0.25, 0.3) is 10.9 Å². The third kappa shape index (κ3) is 1.85. The van der Waals surface area contributed by atoms with Gasteiger partial charge in [-0.1, -0.05) is 31.5 Å². The van der Waals surface area contributed by atoms with E-state index in [1.165, 1.54) is 0 Å². The molecule has 1 atom stereocenters. The van der Waals surface area contributed by atoms with Crippen LogP contribution in [-0.2, 0) is 0 Å². The van der Waals surface area contributed by atoms with Crippen LogP contribution in [0, 0.1) is 5.92 Å². The van der Waals surface area contributed by atoms with Gasteiger partial charge in [-0.25, -0.2) is 0 Å². The topological polar surface area (TPSA) is 32.9 Å². The van der Waals surface area contributed by atoms with E-state index in [0.717, 1.165) is 22.9 Å². The number of fused-ring (bicyclic) bond motifs is 1. The summed E-state index contributed by atoms with van der Waals surface area (Å²) in [5, 5.41) is 1.63. The van der Waals surface area contributed by atoms with Gasteiger partial charge in [-0.3, -0.25) is 4.79 Å². The first-order chi connectivity index (χ1) is 7.63. The molecule has 0 fully saturated rings. The summed E-state index contributed by atoms with van der Waals surface area (Å²) in [5.74, 6) is 0.255. The van der Waals surface area contributed by atoms with Gasteiger partial charge in [0.1, 0.15) is 0 Å². The lowest BCUT2D eigenvalue weighted by Crippen LogP contribution is -2.09. The molecule has 16 heavy (non-hydrogen) atoms. The summed E-state index contributed by atoms with van der Waals surface area (Å²) in [6.07, 6.45) is 2.63. The maximum Gasteiger partial charge on any atom is 0.167 e. The number of carbonyl (C=O) groups excluding carboxylic acids is 1. The number of rotatable bonds is 3.